The summed E-state index contributed by atoms with van der Waals surface area (Å²) in [7, 11) is -3.90. The van der Waals surface area contributed by atoms with Crippen LogP contribution in [-0.2, 0) is 14.8 Å². The first-order valence-electron chi connectivity index (χ1n) is 5.79. The fourth-order valence-electron chi connectivity index (χ4n) is 2.02. The topological polar surface area (TPSA) is 105 Å². The molecular formula is C11H16N4O3S. The van der Waals surface area contributed by atoms with Crippen molar-refractivity contribution in [1.82, 2.24) is 14.6 Å². The first kappa shape index (κ1) is 13.8. The van der Waals surface area contributed by atoms with Crippen molar-refractivity contribution in [3.8, 4) is 0 Å². The van der Waals surface area contributed by atoms with Crippen molar-refractivity contribution >= 4 is 21.6 Å². The zero-order valence-corrected chi connectivity index (χ0v) is 11.6. The lowest BCUT2D eigenvalue weighted by Gasteiger charge is -2.39. The van der Waals surface area contributed by atoms with Crippen molar-refractivity contribution in [1.29, 1.82) is 0 Å². The van der Waals surface area contributed by atoms with Gasteiger partial charge >= 0.3 is 0 Å². The zero-order valence-electron chi connectivity index (χ0n) is 10.8. The lowest BCUT2D eigenvalue weighted by atomic mass is 10.0. The minimum atomic E-state index is -3.90. The normalized spacial score (nSPS) is 20.0. The molecule has 0 atom stereocenters. The van der Waals surface area contributed by atoms with E-state index in [1.807, 2.05) is 0 Å². The number of hydrogen-bond donors (Lipinski definition) is 2. The van der Waals surface area contributed by atoms with E-state index < -0.39 is 15.6 Å². The Morgan fingerprint density at radius 1 is 1.47 bits per heavy atom. The molecule has 0 unspecified atom stereocenters. The van der Waals surface area contributed by atoms with E-state index in [4.69, 9.17) is 5.73 Å². The highest BCUT2D eigenvalue weighted by molar-refractivity contribution is 7.89. The average molecular weight is 284 g/mol. The van der Waals surface area contributed by atoms with Gasteiger partial charge in [-0.2, -0.15) is 4.31 Å². The highest BCUT2D eigenvalue weighted by Gasteiger charge is 2.45. The van der Waals surface area contributed by atoms with E-state index in [2.05, 4.69) is 10.3 Å². The van der Waals surface area contributed by atoms with Crippen LogP contribution in [0.4, 0.5) is 5.69 Å². The van der Waals surface area contributed by atoms with Gasteiger partial charge in [0.2, 0.25) is 5.91 Å². The number of amides is 1. The van der Waals surface area contributed by atoms with Crippen molar-refractivity contribution in [2.45, 2.75) is 24.4 Å². The van der Waals surface area contributed by atoms with Crippen LogP contribution in [0.5, 0.6) is 0 Å². The first-order valence-corrected chi connectivity index (χ1v) is 7.23. The second kappa shape index (κ2) is 4.46. The minimum absolute atomic E-state index is 0.0734. The Bertz CT molecular complexity index is 612. The molecule has 104 valence electrons. The Labute approximate surface area is 111 Å². The summed E-state index contributed by atoms with van der Waals surface area (Å²) in [4.78, 5) is 15.6. The van der Waals surface area contributed by atoms with Crippen molar-refractivity contribution in [2.75, 3.05) is 18.8 Å². The predicted molar refractivity (Wildman–Crippen MR) is 69.6 cm³/mol. The van der Waals surface area contributed by atoms with E-state index in [1.165, 1.54) is 12.3 Å². The van der Waals surface area contributed by atoms with Crippen LogP contribution in [0.25, 0.3) is 0 Å². The van der Waals surface area contributed by atoms with Crippen LogP contribution in [0.1, 0.15) is 13.8 Å². The van der Waals surface area contributed by atoms with Gasteiger partial charge in [0.05, 0.1) is 5.69 Å². The molecule has 1 fully saturated rings. The number of nitrogens with two attached hydrogens (primary N) is 1. The second-order valence-corrected chi connectivity index (χ2v) is 6.57. The van der Waals surface area contributed by atoms with Crippen molar-refractivity contribution < 1.29 is 13.2 Å². The van der Waals surface area contributed by atoms with Gasteiger partial charge in [-0.05, 0) is 26.0 Å². The predicted octanol–water partition coefficient (Wildman–Crippen LogP) is -0.437. The summed E-state index contributed by atoms with van der Waals surface area (Å²) in [6.07, 6.45) is 1.36. The van der Waals surface area contributed by atoms with Crippen LogP contribution in [0, 0.1) is 0 Å². The zero-order chi connectivity index (χ0) is 14.3. The highest BCUT2D eigenvalue weighted by Crippen LogP contribution is 2.27. The Morgan fingerprint density at radius 2 is 2.16 bits per heavy atom. The highest BCUT2D eigenvalue weighted by atomic mass is 32.2. The fourth-order valence-corrected chi connectivity index (χ4v) is 3.81. The van der Waals surface area contributed by atoms with Crippen LogP contribution >= 0.6 is 0 Å². The monoisotopic (exact) mass is 284 g/mol. The van der Waals surface area contributed by atoms with Gasteiger partial charge in [-0.15, -0.1) is 0 Å². The molecule has 1 amide bonds. The van der Waals surface area contributed by atoms with E-state index in [0.717, 1.165) is 4.31 Å². The van der Waals surface area contributed by atoms with Gasteiger partial charge in [0.1, 0.15) is 5.54 Å². The molecule has 0 aromatic carbocycles. The summed E-state index contributed by atoms with van der Waals surface area (Å²) in [5.74, 6) is -0.336. The molecule has 2 heterocycles. The van der Waals surface area contributed by atoms with Gasteiger partial charge in [-0.25, -0.2) is 13.4 Å². The average Bonchev–Trinajstić information content (AvgIpc) is 2.32. The third-order valence-corrected chi connectivity index (χ3v) is 5.16. The molecule has 1 saturated heterocycles. The maximum atomic E-state index is 12.6. The molecule has 1 aliphatic rings. The lowest BCUT2D eigenvalue weighted by Crippen LogP contribution is -2.63. The Balaban J connectivity index is 2.51. The number of pyridine rings is 1. The quantitative estimate of drug-likeness (QED) is 0.766. The van der Waals surface area contributed by atoms with Crippen LogP contribution in [0.15, 0.2) is 23.4 Å². The molecule has 0 aliphatic carbocycles. The number of sulfonamides is 1. The minimum Gasteiger partial charge on any atom is -0.396 e. The molecular weight excluding hydrogens is 268 g/mol. The summed E-state index contributed by atoms with van der Waals surface area (Å²) >= 11 is 0. The molecule has 19 heavy (non-hydrogen) atoms. The van der Waals surface area contributed by atoms with E-state index in [0.29, 0.717) is 0 Å². The van der Waals surface area contributed by atoms with Gasteiger partial charge in [0.15, 0.2) is 5.03 Å². The molecule has 0 spiro atoms. The molecule has 1 aromatic rings. The number of rotatable bonds is 2. The standard InChI is InChI=1S/C11H16N4O3S/c1-11(2)10(16)14-6-7-15(11)19(17,18)9-8(12)4-3-5-13-9/h3-5H,6-7,12H2,1-2H3,(H,14,16). The van der Waals surface area contributed by atoms with Crippen molar-refractivity contribution in [3.63, 3.8) is 0 Å². The van der Waals surface area contributed by atoms with Gasteiger partial charge in [-0.3, -0.25) is 4.79 Å². The van der Waals surface area contributed by atoms with Crippen molar-refractivity contribution in [3.05, 3.63) is 18.3 Å². The van der Waals surface area contributed by atoms with Gasteiger partial charge in [0.25, 0.3) is 10.0 Å². The van der Waals surface area contributed by atoms with E-state index in [9.17, 15) is 13.2 Å². The van der Waals surface area contributed by atoms with Gasteiger partial charge in [-0.1, -0.05) is 0 Å². The number of nitrogen functional groups attached to an aromatic ring is 1. The van der Waals surface area contributed by atoms with Crippen LogP contribution in [0.3, 0.4) is 0 Å². The first-order chi connectivity index (χ1) is 8.78. The van der Waals surface area contributed by atoms with Crippen LogP contribution in [0.2, 0.25) is 0 Å². The van der Waals surface area contributed by atoms with E-state index in [1.54, 1.807) is 19.9 Å². The Morgan fingerprint density at radius 3 is 2.79 bits per heavy atom. The number of carbonyl (C=O) groups is 1. The fraction of sp³-hybridized carbons (Fsp3) is 0.455. The third-order valence-electron chi connectivity index (χ3n) is 3.11. The molecule has 1 aromatic heterocycles. The smallest absolute Gasteiger partial charge is 0.263 e. The van der Waals surface area contributed by atoms with Gasteiger partial charge < -0.3 is 11.1 Å². The summed E-state index contributed by atoms with van der Waals surface area (Å²) in [6, 6.07) is 3.03. The number of anilines is 1. The SMILES string of the molecule is CC1(C)C(=O)NCCN1S(=O)(=O)c1ncccc1N. The molecule has 2 rings (SSSR count). The molecule has 8 heteroatoms. The van der Waals surface area contributed by atoms with E-state index in [-0.39, 0.29) is 29.7 Å². The van der Waals surface area contributed by atoms with Crippen LogP contribution < -0.4 is 11.1 Å². The van der Waals surface area contributed by atoms with Crippen molar-refractivity contribution in [2.24, 2.45) is 0 Å². The molecule has 1 aliphatic heterocycles. The summed E-state index contributed by atoms with van der Waals surface area (Å²) in [5, 5.41) is 2.43. The summed E-state index contributed by atoms with van der Waals surface area (Å²) in [5.41, 5.74) is 4.58. The third kappa shape index (κ3) is 2.17. The van der Waals surface area contributed by atoms with Crippen LogP contribution in [-0.4, -0.2) is 42.2 Å². The maximum absolute atomic E-state index is 12.6. The largest absolute Gasteiger partial charge is 0.396 e. The second-order valence-electron chi connectivity index (χ2n) is 4.79. The number of nitrogens with one attached hydrogen (secondary N) is 1. The number of carbonyl (C=O) groups excluding carboxylic acids is 1. The summed E-state index contributed by atoms with van der Waals surface area (Å²) < 4.78 is 26.3. The maximum Gasteiger partial charge on any atom is 0.263 e. The Hall–Kier alpha value is -1.67. The number of nitrogens with zero attached hydrogens (tertiary/aromatic N) is 2. The molecule has 0 radical (unpaired) electrons. The van der Waals surface area contributed by atoms with E-state index >= 15 is 0 Å². The Kier molecular flexibility index (Phi) is 3.23. The molecule has 7 nitrogen and oxygen atoms in total. The number of hydrogen-bond acceptors (Lipinski definition) is 5. The molecule has 0 saturated carbocycles. The molecule has 3 N–H and O–H groups in total. The lowest BCUT2D eigenvalue weighted by molar-refractivity contribution is -0.131. The summed E-state index contributed by atoms with van der Waals surface area (Å²) in [6.45, 7) is 3.57. The molecule has 0 bridgehead atoms. The number of aromatic nitrogens is 1. The number of piperazine rings is 1. The van der Waals surface area contributed by atoms with Gasteiger partial charge in [0, 0.05) is 19.3 Å².